The van der Waals surface area contributed by atoms with Crippen molar-refractivity contribution < 1.29 is 27.1 Å². The second-order valence-corrected chi connectivity index (χ2v) is 11.0. The van der Waals surface area contributed by atoms with Gasteiger partial charge in [-0.3, -0.25) is 9.69 Å². The van der Waals surface area contributed by atoms with E-state index in [4.69, 9.17) is 4.74 Å². The summed E-state index contributed by atoms with van der Waals surface area (Å²) in [6.45, 7) is 7.12. The molecule has 1 saturated heterocycles. The normalized spacial score (nSPS) is 15.5. The van der Waals surface area contributed by atoms with Crippen molar-refractivity contribution in [2.24, 2.45) is 0 Å². The topological polar surface area (TPSA) is 96.0 Å². The van der Waals surface area contributed by atoms with Crippen LogP contribution in [-0.2, 0) is 19.6 Å². The zero-order valence-corrected chi connectivity index (χ0v) is 20.5. The molecule has 2 aromatic rings. The van der Waals surface area contributed by atoms with E-state index in [9.17, 15) is 22.4 Å². The summed E-state index contributed by atoms with van der Waals surface area (Å²) >= 11 is 1.35. The van der Waals surface area contributed by atoms with Gasteiger partial charge in [-0.05, 0) is 37.1 Å². The van der Waals surface area contributed by atoms with Gasteiger partial charge in [0.1, 0.15) is 10.8 Å². The number of sulfonamides is 1. The molecule has 2 heterocycles. The zero-order chi connectivity index (χ0) is 24.2. The van der Waals surface area contributed by atoms with Crippen LogP contribution in [-0.4, -0.2) is 68.8 Å². The molecule has 1 amide bonds. The Balaban J connectivity index is 1.60. The third kappa shape index (κ3) is 6.17. The van der Waals surface area contributed by atoms with Crippen molar-refractivity contribution in [2.45, 2.75) is 31.6 Å². The molecule has 11 heteroatoms. The molecule has 1 N–H and O–H groups in total. The van der Waals surface area contributed by atoms with Gasteiger partial charge in [0.2, 0.25) is 15.9 Å². The molecule has 33 heavy (non-hydrogen) atoms. The summed E-state index contributed by atoms with van der Waals surface area (Å²) in [5, 5.41) is 3.26. The molecule has 0 atom stereocenters. The van der Waals surface area contributed by atoms with Crippen LogP contribution in [0.5, 0.6) is 0 Å². The maximum atomic E-state index is 13.5. The van der Waals surface area contributed by atoms with Crippen LogP contribution in [0.4, 0.5) is 9.39 Å². The molecule has 0 bridgehead atoms. The van der Waals surface area contributed by atoms with Crippen LogP contribution in [0.3, 0.4) is 0 Å². The minimum absolute atomic E-state index is 0.0605. The van der Waals surface area contributed by atoms with E-state index < -0.39 is 21.8 Å². The number of benzene rings is 1. The molecule has 180 valence electrons. The Bertz CT molecular complexity index is 1110. The second-order valence-electron chi connectivity index (χ2n) is 7.95. The van der Waals surface area contributed by atoms with Crippen LogP contribution in [0.25, 0.3) is 0 Å². The molecule has 8 nitrogen and oxygen atoms in total. The van der Waals surface area contributed by atoms with Crippen LogP contribution in [0.2, 0.25) is 0 Å². The number of anilines is 1. The minimum atomic E-state index is -3.79. The predicted octanol–water partition coefficient (Wildman–Crippen LogP) is 3.13. The summed E-state index contributed by atoms with van der Waals surface area (Å²) in [5.74, 6) is -1.18. The lowest BCUT2D eigenvalue weighted by Gasteiger charge is -2.33. The Morgan fingerprint density at radius 1 is 1.18 bits per heavy atom. The van der Waals surface area contributed by atoms with E-state index in [1.165, 1.54) is 33.8 Å². The first kappa shape index (κ1) is 25.3. The van der Waals surface area contributed by atoms with Crippen LogP contribution in [0.15, 0.2) is 35.2 Å². The molecule has 1 aliphatic heterocycles. The Hall–Kier alpha value is -2.34. The van der Waals surface area contributed by atoms with E-state index in [-0.39, 0.29) is 43.0 Å². The fourth-order valence-corrected chi connectivity index (χ4v) is 5.94. The molecule has 0 spiro atoms. The van der Waals surface area contributed by atoms with Crippen molar-refractivity contribution in [3.8, 4) is 0 Å². The standard InChI is InChI=1S/C22H28FN3O5S2/c1-4-31-22(28)18-13-19(15(2)3)32-21(18)24-20(27)14-25-8-10-26(11-9-25)33(29,30)17-7-5-6-16(23)12-17/h5-7,12-13,15H,4,8-11,14H2,1-3H3,(H,24,27). The number of ether oxygens (including phenoxy) is 1. The van der Waals surface area contributed by atoms with Gasteiger partial charge in [0.05, 0.1) is 23.6 Å². The molecule has 1 aliphatic rings. The van der Waals surface area contributed by atoms with Crippen molar-refractivity contribution >= 4 is 38.2 Å². The number of amides is 1. The Morgan fingerprint density at radius 2 is 1.88 bits per heavy atom. The summed E-state index contributed by atoms with van der Waals surface area (Å²) in [6, 6.07) is 6.68. The average molecular weight is 498 g/mol. The van der Waals surface area contributed by atoms with Crippen molar-refractivity contribution in [3.05, 3.63) is 46.6 Å². The van der Waals surface area contributed by atoms with Crippen molar-refractivity contribution in [3.63, 3.8) is 0 Å². The smallest absolute Gasteiger partial charge is 0.341 e. The van der Waals surface area contributed by atoms with Gasteiger partial charge in [0.15, 0.2) is 0 Å². The highest BCUT2D eigenvalue weighted by molar-refractivity contribution is 7.89. The first-order valence-corrected chi connectivity index (χ1v) is 13.0. The predicted molar refractivity (Wildman–Crippen MR) is 125 cm³/mol. The third-order valence-electron chi connectivity index (χ3n) is 5.20. The first-order valence-electron chi connectivity index (χ1n) is 10.7. The van der Waals surface area contributed by atoms with Crippen molar-refractivity contribution in [2.75, 3.05) is 44.6 Å². The van der Waals surface area contributed by atoms with Crippen LogP contribution in [0.1, 0.15) is 41.9 Å². The lowest BCUT2D eigenvalue weighted by Crippen LogP contribution is -2.50. The fourth-order valence-electron chi connectivity index (χ4n) is 3.42. The molecular weight excluding hydrogens is 469 g/mol. The van der Waals surface area contributed by atoms with E-state index in [1.54, 1.807) is 13.0 Å². The summed E-state index contributed by atoms with van der Waals surface area (Å²) in [7, 11) is -3.79. The van der Waals surface area contributed by atoms with Crippen molar-refractivity contribution in [1.82, 2.24) is 9.21 Å². The maximum absolute atomic E-state index is 13.5. The number of nitrogens with zero attached hydrogens (tertiary/aromatic N) is 2. The van der Waals surface area contributed by atoms with Gasteiger partial charge in [0.25, 0.3) is 0 Å². The number of esters is 1. The van der Waals surface area contributed by atoms with E-state index in [0.29, 0.717) is 23.7 Å². The second kappa shape index (κ2) is 10.7. The molecular formula is C22H28FN3O5S2. The Labute approximate surface area is 197 Å². The highest BCUT2D eigenvalue weighted by atomic mass is 32.2. The van der Waals surface area contributed by atoms with E-state index in [1.807, 2.05) is 18.7 Å². The van der Waals surface area contributed by atoms with E-state index in [0.717, 1.165) is 10.9 Å². The lowest BCUT2D eigenvalue weighted by molar-refractivity contribution is -0.117. The quantitative estimate of drug-likeness (QED) is 0.563. The van der Waals surface area contributed by atoms with Gasteiger partial charge in [-0.25, -0.2) is 17.6 Å². The van der Waals surface area contributed by atoms with Gasteiger partial charge < -0.3 is 10.1 Å². The van der Waals surface area contributed by atoms with Crippen LogP contribution >= 0.6 is 11.3 Å². The first-order chi connectivity index (χ1) is 15.6. The van der Waals surface area contributed by atoms with Gasteiger partial charge in [-0.2, -0.15) is 4.31 Å². The SMILES string of the molecule is CCOC(=O)c1cc(C(C)C)sc1NC(=O)CN1CCN(S(=O)(=O)c2cccc(F)c2)CC1. The summed E-state index contributed by atoms with van der Waals surface area (Å²) in [5.41, 5.74) is 0.338. The molecule has 0 saturated carbocycles. The highest BCUT2D eigenvalue weighted by Gasteiger charge is 2.29. The number of carbonyl (C=O) groups is 2. The summed E-state index contributed by atoms with van der Waals surface area (Å²) in [4.78, 5) is 27.7. The molecule has 0 unspecified atom stereocenters. The number of nitrogens with one attached hydrogen (secondary N) is 1. The number of hydrogen-bond acceptors (Lipinski definition) is 7. The Morgan fingerprint density at radius 3 is 2.48 bits per heavy atom. The number of piperazine rings is 1. The molecule has 0 aliphatic carbocycles. The van der Waals surface area contributed by atoms with Crippen LogP contribution < -0.4 is 5.32 Å². The maximum Gasteiger partial charge on any atom is 0.341 e. The van der Waals surface area contributed by atoms with Crippen LogP contribution in [0, 0.1) is 5.82 Å². The molecule has 3 rings (SSSR count). The summed E-state index contributed by atoms with van der Waals surface area (Å²) < 4.78 is 45.3. The average Bonchev–Trinajstić information content (AvgIpc) is 3.18. The fraction of sp³-hybridized carbons (Fsp3) is 0.455. The van der Waals surface area contributed by atoms with Gasteiger partial charge >= 0.3 is 5.97 Å². The lowest BCUT2D eigenvalue weighted by atomic mass is 10.1. The van der Waals surface area contributed by atoms with Gasteiger partial charge in [-0.1, -0.05) is 19.9 Å². The van der Waals surface area contributed by atoms with Crippen molar-refractivity contribution in [1.29, 1.82) is 0 Å². The summed E-state index contributed by atoms with van der Waals surface area (Å²) in [6.07, 6.45) is 0. The number of halogens is 1. The number of carbonyl (C=O) groups excluding carboxylic acids is 2. The monoisotopic (exact) mass is 497 g/mol. The molecule has 1 aromatic carbocycles. The van der Waals surface area contributed by atoms with Gasteiger partial charge in [-0.15, -0.1) is 11.3 Å². The molecule has 0 radical (unpaired) electrons. The number of thiophene rings is 1. The van der Waals surface area contributed by atoms with E-state index in [2.05, 4.69) is 5.32 Å². The molecule has 1 aromatic heterocycles. The molecule has 1 fully saturated rings. The van der Waals surface area contributed by atoms with Gasteiger partial charge in [0, 0.05) is 31.1 Å². The Kier molecular flexibility index (Phi) is 8.22. The van der Waals surface area contributed by atoms with E-state index >= 15 is 0 Å². The largest absolute Gasteiger partial charge is 0.462 e. The minimum Gasteiger partial charge on any atom is -0.462 e. The zero-order valence-electron chi connectivity index (χ0n) is 18.8. The number of rotatable bonds is 8. The number of hydrogen-bond donors (Lipinski definition) is 1. The highest BCUT2D eigenvalue weighted by Crippen LogP contribution is 2.33. The third-order valence-corrected chi connectivity index (χ3v) is 8.45.